The molecule has 32 heteroatoms. The van der Waals surface area contributed by atoms with E-state index in [9.17, 15) is 82.8 Å². The summed E-state index contributed by atoms with van der Waals surface area (Å²) in [5.74, 6) is -12.4. The van der Waals surface area contributed by atoms with Crippen LogP contribution >= 0.6 is 0 Å². The molecule has 0 aliphatic carbocycles. The highest BCUT2D eigenvalue weighted by molar-refractivity contribution is 6.00. The van der Waals surface area contributed by atoms with E-state index in [1.165, 1.54) is 48.6 Å². The van der Waals surface area contributed by atoms with Gasteiger partial charge in [0.05, 0.1) is 37.7 Å². The molecule has 0 saturated carbocycles. The van der Waals surface area contributed by atoms with E-state index < -0.39 is 175 Å². The summed E-state index contributed by atoms with van der Waals surface area (Å²) in [7, 11) is 0. The lowest BCUT2D eigenvalue weighted by atomic mass is 9.96. The van der Waals surface area contributed by atoms with Crippen LogP contribution in [0.2, 0.25) is 0 Å². The van der Waals surface area contributed by atoms with Gasteiger partial charge in [0, 0.05) is 38.5 Å². The maximum Gasteiger partial charge on any atom is 0.326 e. The van der Waals surface area contributed by atoms with Crippen LogP contribution in [0.15, 0.2) is 67.1 Å². The number of carbonyl (C=O) groups is 13. The number of aliphatic hydroxyl groups is 2. The first-order valence-corrected chi connectivity index (χ1v) is 32.2. The van der Waals surface area contributed by atoms with E-state index in [1.54, 1.807) is 65.0 Å². The number of aliphatic hydroxyl groups excluding tert-OH is 2. The van der Waals surface area contributed by atoms with Crippen LogP contribution in [0.5, 0.6) is 5.75 Å². The van der Waals surface area contributed by atoms with E-state index in [-0.39, 0.29) is 69.7 Å². The highest BCUT2D eigenvalue weighted by atomic mass is 16.4. The molecule has 2 aliphatic rings. The first-order chi connectivity index (χ1) is 45.6. The summed E-state index contributed by atoms with van der Waals surface area (Å²) < 4.78 is 0. The van der Waals surface area contributed by atoms with E-state index in [0.717, 1.165) is 4.90 Å². The van der Waals surface area contributed by atoms with Gasteiger partial charge in [-0.05, 0) is 80.5 Å². The molecule has 2 aromatic carbocycles. The number of aliphatic carboxylic acids is 1. The van der Waals surface area contributed by atoms with Gasteiger partial charge in [-0.2, -0.15) is 0 Å². The van der Waals surface area contributed by atoms with E-state index in [1.807, 2.05) is 0 Å². The smallest absolute Gasteiger partial charge is 0.326 e. The minimum atomic E-state index is -1.81. The Balaban J connectivity index is 1.30. The number of phenols is 1. The molecule has 0 unspecified atom stereocenters. The Labute approximate surface area is 555 Å². The van der Waals surface area contributed by atoms with Gasteiger partial charge in [0.25, 0.3) is 0 Å². The number of aromatic hydroxyl groups is 1. The molecule has 1 aromatic heterocycles. The molecule has 13 atom stereocenters. The average Bonchev–Trinajstić information content (AvgIpc) is 1.58. The normalized spacial score (nSPS) is 17.9. The standard InChI is InChI=1S/C64H93N15O17/c1-7-14-42(70-61(92)49-17-12-23-78(49)63(94)52(35(5)8-2)77-54(85)41(65)29-51(66)83)55(86)71-43(25-34(3)4)57(88)72-45(27-38-19-21-40(82)22-20-38)58(89)76-48(32-81)59(90)73-44(26-37-15-10-9-11-16-37)56(87)69-36(6)53(84)75-47(31-80)60(91)74-46(28-39-30-67-33-68-39)62(93)79-24-13-18-50(79)64(95)96/h9-11,15-16,19-22,30,33-36,41-50,52,80-82H,7-8,12-14,17-18,23-29,31-32,65H2,1-6H3,(H2,66,83)(H,67,68)(H,69,87)(H,70,92)(H,71,86)(H,72,88)(H,73,90)(H,74,91)(H,75,84)(H,76,89)(H,77,85)(H,95,96)/t35-,36-,41+,42-,43-,44-,45-,46-,47+,48+,49-,50-,52-/m0/s1. The molecule has 526 valence electrons. The number of nitrogens with zero attached hydrogens (tertiary/aromatic N) is 3. The van der Waals surface area contributed by atoms with E-state index in [2.05, 4.69) is 57.8 Å². The maximum atomic E-state index is 14.5. The van der Waals surface area contributed by atoms with Crippen LogP contribution in [-0.2, 0) is 81.6 Å². The second-order valence-corrected chi connectivity index (χ2v) is 24.6. The summed E-state index contributed by atoms with van der Waals surface area (Å²) in [5.41, 5.74) is 12.4. The van der Waals surface area contributed by atoms with Crippen molar-refractivity contribution in [1.82, 2.24) is 67.6 Å². The van der Waals surface area contributed by atoms with Gasteiger partial charge in [-0.25, -0.2) is 9.78 Å². The van der Waals surface area contributed by atoms with Gasteiger partial charge in [-0.1, -0.05) is 89.9 Å². The van der Waals surface area contributed by atoms with Crippen LogP contribution < -0.4 is 59.3 Å². The molecule has 2 saturated heterocycles. The topological polar surface area (TPSA) is 498 Å². The molecule has 5 rings (SSSR count). The molecule has 3 heterocycles. The number of nitrogens with one attached hydrogen (secondary N) is 10. The van der Waals surface area contributed by atoms with Crippen LogP contribution in [0.3, 0.4) is 0 Å². The van der Waals surface area contributed by atoms with Crippen molar-refractivity contribution in [1.29, 1.82) is 0 Å². The Morgan fingerprint density at radius 1 is 0.583 bits per heavy atom. The lowest BCUT2D eigenvalue weighted by Gasteiger charge is -2.32. The number of aromatic amines is 1. The number of imidazole rings is 1. The van der Waals surface area contributed by atoms with Crippen molar-refractivity contribution < 1.29 is 82.8 Å². The van der Waals surface area contributed by atoms with Crippen molar-refractivity contribution in [2.24, 2.45) is 23.3 Å². The second kappa shape index (κ2) is 37.5. The fraction of sp³-hybridized carbons (Fsp3) is 0.562. The van der Waals surface area contributed by atoms with E-state index in [0.29, 0.717) is 42.5 Å². The molecule has 2 aliphatic heterocycles. The summed E-state index contributed by atoms with van der Waals surface area (Å²) in [6, 6.07) is -2.80. The quantitative estimate of drug-likeness (QED) is 0.0268. The number of rotatable bonds is 37. The van der Waals surface area contributed by atoms with Crippen LogP contribution in [0, 0.1) is 11.8 Å². The minimum absolute atomic E-state index is 0.00541. The summed E-state index contributed by atoms with van der Waals surface area (Å²) in [5, 5.41) is 63.9. The molecular weight excluding hydrogens is 1250 g/mol. The van der Waals surface area contributed by atoms with Crippen molar-refractivity contribution in [2.75, 3.05) is 26.3 Å². The molecule has 12 amide bonds. The van der Waals surface area contributed by atoms with Gasteiger partial charge in [-0.15, -0.1) is 0 Å². The van der Waals surface area contributed by atoms with Gasteiger partial charge < -0.3 is 94.5 Å². The first kappa shape index (κ1) is 77.1. The Hall–Kier alpha value is -9.56. The SMILES string of the molecule is CCC[C@H](NC(=O)[C@@H]1CCCN1C(=O)[C@@H](NC(=O)[C@H](N)CC(N)=O)[C@@H](C)CC)C(=O)N[C@@H](CC(C)C)C(=O)N[C@@H](Cc1ccc(O)cc1)C(=O)N[C@H](CO)C(=O)N[C@@H](Cc1ccccc1)C(=O)N[C@@H](C)C(=O)N[C@H](CO)C(=O)N[C@@H](Cc1c[nH]cn1)C(=O)N1CCC[C@H]1C(=O)O. The zero-order valence-corrected chi connectivity index (χ0v) is 54.8. The monoisotopic (exact) mass is 1340 g/mol. The van der Waals surface area contributed by atoms with Crippen LogP contribution in [0.25, 0.3) is 0 Å². The summed E-state index contributed by atoms with van der Waals surface area (Å²) in [6.45, 7) is 8.28. The molecule has 32 nitrogen and oxygen atoms in total. The minimum Gasteiger partial charge on any atom is -0.508 e. The third-order valence-electron chi connectivity index (χ3n) is 16.6. The van der Waals surface area contributed by atoms with Gasteiger partial charge in [-0.3, -0.25) is 57.5 Å². The zero-order chi connectivity index (χ0) is 70.9. The molecule has 18 N–H and O–H groups in total. The number of nitrogens with two attached hydrogens (primary N) is 2. The number of primary amides is 1. The predicted molar refractivity (Wildman–Crippen MR) is 344 cm³/mol. The summed E-state index contributed by atoms with van der Waals surface area (Å²) in [4.78, 5) is 187. The van der Waals surface area contributed by atoms with E-state index >= 15 is 0 Å². The molecule has 0 radical (unpaired) electrons. The molecule has 96 heavy (non-hydrogen) atoms. The Kier molecular flexibility index (Phi) is 30.1. The van der Waals surface area contributed by atoms with Crippen molar-refractivity contribution in [3.63, 3.8) is 0 Å². The fourth-order valence-corrected chi connectivity index (χ4v) is 11.1. The largest absolute Gasteiger partial charge is 0.508 e. The van der Waals surface area contributed by atoms with Crippen LogP contribution in [0.1, 0.15) is 116 Å². The third kappa shape index (κ3) is 22.8. The van der Waals surface area contributed by atoms with Gasteiger partial charge in [0.1, 0.15) is 72.2 Å². The average molecular weight is 1340 g/mol. The maximum absolute atomic E-state index is 14.5. The van der Waals surface area contributed by atoms with Crippen LogP contribution in [-0.4, -0.2) is 216 Å². The number of benzene rings is 2. The predicted octanol–water partition coefficient (Wildman–Crippen LogP) is -3.33. The Bertz CT molecular complexity index is 3170. The van der Waals surface area contributed by atoms with Gasteiger partial charge in [0.15, 0.2) is 0 Å². The van der Waals surface area contributed by atoms with Crippen molar-refractivity contribution in [3.05, 3.63) is 83.9 Å². The lowest BCUT2D eigenvalue weighted by molar-refractivity contribution is -0.149. The number of hydrogen-bond acceptors (Lipinski definition) is 18. The number of hydrogen-bond donors (Lipinski definition) is 16. The second-order valence-electron chi connectivity index (χ2n) is 24.6. The number of carboxylic acid groups (broad SMARTS) is 1. The fourth-order valence-electron chi connectivity index (χ4n) is 11.1. The van der Waals surface area contributed by atoms with Crippen molar-refractivity contribution in [3.8, 4) is 5.75 Å². The number of H-pyrrole nitrogens is 1. The summed E-state index contributed by atoms with van der Waals surface area (Å²) in [6.07, 6.45) is 3.77. The van der Waals surface area contributed by atoms with Crippen molar-refractivity contribution >= 4 is 76.9 Å². The molecule has 3 aromatic rings. The molecule has 2 fully saturated rings. The molecule has 0 bridgehead atoms. The number of carbonyl (C=O) groups excluding carboxylic acids is 12. The lowest BCUT2D eigenvalue weighted by Crippen LogP contribution is -2.61. The summed E-state index contributed by atoms with van der Waals surface area (Å²) >= 11 is 0. The Morgan fingerprint density at radius 3 is 1.61 bits per heavy atom. The zero-order valence-electron chi connectivity index (χ0n) is 54.8. The molecule has 0 spiro atoms. The van der Waals surface area contributed by atoms with Gasteiger partial charge >= 0.3 is 5.97 Å². The number of aromatic nitrogens is 2. The van der Waals surface area contributed by atoms with Gasteiger partial charge in [0.2, 0.25) is 70.9 Å². The number of amides is 12. The van der Waals surface area contributed by atoms with Crippen molar-refractivity contribution in [2.45, 2.75) is 191 Å². The number of carboxylic acids is 1. The highest BCUT2D eigenvalue weighted by Crippen LogP contribution is 2.24. The van der Waals surface area contributed by atoms with E-state index in [4.69, 9.17) is 11.5 Å². The highest BCUT2D eigenvalue weighted by Gasteiger charge is 2.43. The Morgan fingerprint density at radius 2 is 1.08 bits per heavy atom. The third-order valence-corrected chi connectivity index (χ3v) is 16.6. The number of likely N-dealkylation sites (tertiary alicyclic amines) is 2. The number of phenolic OH excluding ortho intramolecular Hbond substituents is 1. The molecular formula is C64H93N15O17. The van der Waals surface area contributed by atoms with Crippen LogP contribution in [0.4, 0.5) is 0 Å². The first-order valence-electron chi connectivity index (χ1n) is 32.2.